The third-order valence-electron chi connectivity index (χ3n) is 5.66. The minimum atomic E-state index is -0.877. The lowest BCUT2D eigenvalue weighted by molar-refractivity contribution is -0.123. The molecule has 1 atom stereocenters. The van der Waals surface area contributed by atoms with Crippen molar-refractivity contribution in [1.29, 1.82) is 0 Å². The van der Waals surface area contributed by atoms with Crippen LogP contribution in [0, 0.1) is 11.6 Å². The van der Waals surface area contributed by atoms with Gasteiger partial charge in [-0.15, -0.1) is 5.10 Å². The van der Waals surface area contributed by atoms with Crippen molar-refractivity contribution >= 4 is 28.9 Å². The second-order valence-corrected chi connectivity index (χ2v) is 8.06. The van der Waals surface area contributed by atoms with Crippen LogP contribution in [0.4, 0.5) is 14.5 Å². The quantitative estimate of drug-likeness (QED) is 0.758. The van der Waals surface area contributed by atoms with Crippen LogP contribution in [-0.2, 0) is 22.4 Å². The van der Waals surface area contributed by atoms with Gasteiger partial charge in [-0.2, -0.15) is 5.10 Å². The fraction of sp³-hybridized carbons (Fsp3) is 0.333. The van der Waals surface area contributed by atoms with Crippen LogP contribution in [-0.4, -0.2) is 29.3 Å². The predicted octanol–water partition coefficient (Wildman–Crippen LogP) is 3.95. The van der Waals surface area contributed by atoms with E-state index in [0.717, 1.165) is 36.6 Å². The van der Waals surface area contributed by atoms with Crippen LogP contribution >= 0.6 is 0 Å². The van der Waals surface area contributed by atoms with Crippen LogP contribution in [0.15, 0.2) is 52.7 Å². The summed E-state index contributed by atoms with van der Waals surface area (Å²) in [5, 5.41) is 13.7. The van der Waals surface area contributed by atoms with E-state index in [2.05, 4.69) is 20.8 Å². The van der Waals surface area contributed by atoms with Crippen LogP contribution in [0.3, 0.4) is 0 Å². The van der Waals surface area contributed by atoms with Crippen molar-refractivity contribution in [3.05, 3.63) is 65.2 Å². The highest BCUT2D eigenvalue weighted by Gasteiger charge is 2.28. The first-order valence-corrected chi connectivity index (χ1v) is 10.8. The number of carbonyl (C=O) groups excluding carboxylic acids is 2. The molecule has 2 aliphatic heterocycles. The van der Waals surface area contributed by atoms with Gasteiger partial charge in [0, 0.05) is 18.2 Å². The molecule has 2 amide bonds. The van der Waals surface area contributed by atoms with E-state index < -0.39 is 29.5 Å². The molecule has 0 unspecified atom stereocenters. The average Bonchev–Trinajstić information content (AvgIpc) is 2.90. The molecule has 2 aromatic carbocycles. The third-order valence-corrected chi connectivity index (χ3v) is 5.66. The van der Waals surface area contributed by atoms with Gasteiger partial charge in [0.15, 0.2) is 0 Å². The molecule has 2 heterocycles. The van der Waals surface area contributed by atoms with Crippen LogP contribution in [0.2, 0.25) is 0 Å². The molecule has 0 radical (unpaired) electrons. The first-order chi connectivity index (χ1) is 15.5. The normalized spacial score (nSPS) is 22.1. The van der Waals surface area contributed by atoms with E-state index in [0.29, 0.717) is 18.4 Å². The van der Waals surface area contributed by atoms with Gasteiger partial charge < -0.3 is 10.6 Å². The van der Waals surface area contributed by atoms with Crippen molar-refractivity contribution < 1.29 is 18.4 Å². The summed E-state index contributed by atoms with van der Waals surface area (Å²) < 4.78 is 27.6. The number of carbonyl (C=O) groups is 2. The Kier molecular flexibility index (Phi) is 6.68. The Labute approximate surface area is 184 Å². The number of nitrogens with zero attached hydrogens (tertiary/aromatic N) is 2. The van der Waals surface area contributed by atoms with Crippen molar-refractivity contribution in [2.24, 2.45) is 10.2 Å². The van der Waals surface area contributed by atoms with E-state index in [1.807, 2.05) is 30.3 Å². The summed E-state index contributed by atoms with van der Waals surface area (Å²) in [4.78, 5) is 25.4. The maximum atomic E-state index is 14.1. The first-order valence-electron chi connectivity index (χ1n) is 10.8. The number of aryl methyl sites for hydroxylation is 1. The van der Waals surface area contributed by atoms with Crippen LogP contribution in [0.25, 0.3) is 0 Å². The Bertz CT molecular complexity index is 1080. The van der Waals surface area contributed by atoms with Gasteiger partial charge in [-0.05, 0) is 55.7 Å². The maximum Gasteiger partial charge on any atom is 0.268 e. The molecule has 0 bridgehead atoms. The summed E-state index contributed by atoms with van der Waals surface area (Å²) >= 11 is 0. The molecule has 0 aromatic heterocycles. The number of amides is 2. The largest absolute Gasteiger partial charge is 0.339 e. The van der Waals surface area contributed by atoms with E-state index in [4.69, 9.17) is 0 Å². The van der Waals surface area contributed by atoms with E-state index in [1.165, 1.54) is 6.07 Å². The van der Waals surface area contributed by atoms with Crippen molar-refractivity contribution in [2.45, 2.75) is 51.0 Å². The number of hydrogen-bond acceptors (Lipinski definition) is 4. The van der Waals surface area contributed by atoms with Crippen molar-refractivity contribution in [3.8, 4) is 0 Å². The Balaban J connectivity index is 1.45. The molecular weight excluding hydrogens is 414 g/mol. The van der Waals surface area contributed by atoms with E-state index in [9.17, 15) is 18.4 Å². The molecule has 4 rings (SSSR count). The van der Waals surface area contributed by atoms with Gasteiger partial charge in [-0.25, -0.2) is 8.78 Å². The number of anilines is 1. The molecule has 0 spiro atoms. The zero-order chi connectivity index (χ0) is 22.5. The van der Waals surface area contributed by atoms with Gasteiger partial charge in [0.1, 0.15) is 23.4 Å². The number of fused-ring (bicyclic) bond motifs is 1. The molecule has 0 aliphatic carbocycles. The zero-order valence-electron chi connectivity index (χ0n) is 17.5. The summed E-state index contributed by atoms with van der Waals surface area (Å²) in [7, 11) is 0. The lowest BCUT2D eigenvalue weighted by Crippen LogP contribution is -2.46. The van der Waals surface area contributed by atoms with Crippen molar-refractivity contribution in [1.82, 2.24) is 5.32 Å². The number of halogens is 2. The monoisotopic (exact) mass is 438 g/mol. The van der Waals surface area contributed by atoms with Gasteiger partial charge >= 0.3 is 0 Å². The Morgan fingerprint density at radius 2 is 1.84 bits per heavy atom. The maximum absolute atomic E-state index is 14.1. The molecule has 166 valence electrons. The fourth-order valence-corrected chi connectivity index (χ4v) is 3.95. The minimum Gasteiger partial charge on any atom is -0.339 e. The van der Waals surface area contributed by atoms with E-state index in [1.54, 1.807) is 0 Å². The van der Waals surface area contributed by atoms with E-state index in [-0.39, 0.29) is 24.2 Å². The summed E-state index contributed by atoms with van der Waals surface area (Å²) in [5.41, 5.74) is 2.63. The molecule has 8 heteroatoms. The molecular formula is C24H24F2N4O2. The lowest BCUT2D eigenvalue weighted by atomic mass is 10.0. The SMILES string of the molecule is O=C(N[C@H]1CCc2cc(F)cc(F)c2NC1=O)/C1=N/N=C(/Cc2ccccc2)CCCC1. The Morgan fingerprint density at radius 3 is 2.66 bits per heavy atom. The Morgan fingerprint density at radius 1 is 1.06 bits per heavy atom. The van der Waals surface area contributed by atoms with E-state index >= 15 is 0 Å². The topological polar surface area (TPSA) is 82.9 Å². The summed E-state index contributed by atoms with van der Waals surface area (Å²) in [6.45, 7) is 0. The highest BCUT2D eigenvalue weighted by atomic mass is 19.1. The summed E-state index contributed by atoms with van der Waals surface area (Å²) in [5.74, 6) is -2.54. The van der Waals surface area contributed by atoms with Crippen molar-refractivity contribution in [3.63, 3.8) is 0 Å². The number of nitrogens with one attached hydrogen (secondary N) is 2. The second kappa shape index (κ2) is 9.80. The highest BCUT2D eigenvalue weighted by molar-refractivity contribution is 6.39. The smallest absolute Gasteiger partial charge is 0.268 e. The third kappa shape index (κ3) is 5.25. The lowest BCUT2D eigenvalue weighted by Gasteiger charge is -2.17. The number of hydrogen-bond donors (Lipinski definition) is 2. The summed E-state index contributed by atoms with van der Waals surface area (Å²) in [6.07, 6.45) is 4.10. The predicted molar refractivity (Wildman–Crippen MR) is 119 cm³/mol. The molecule has 0 saturated heterocycles. The average molecular weight is 438 g/mol. The standard InChI is InChI=1S/C24H24F2N4O2/c25-17-13-16-10-11-20(23(31)28-22(16)19(26)14-17)27-24(32)21-9-5-4-8-18(29-30-21)12-15-6-2-1-3-7-15/h1-3,6-7,13-14,20H,4-5,8-12H2,(H,27,32)(H,28,31)/b29-18+,30-21+/t20-/m0/s1. The molecule has 0 fully saturated rings. The molecule has 6 nitrogen and oxygen atoms in total. The molecule has 0 saturated carbocycles. The Hall–Kier alpha value is -3.42. The van der Waals surface area contributed by atoms with Crippen LogP contribution in [0.5, 0.6) is 0 Å². The molecule has 2 N–H and O–H groups in total. The molecule has 32 heavy (non-hydrogen) atoms. The second-order valence-electron chi connectivity index (χ2n) is 8.06. The van der Waals surface area contributed by atoms with Gasteiger partial charge in [0.25, 0.3) is 5.91 Å². The van der Waals surface area contributed by atoms with Gasteiger partial charge in [-0.3, -0.25) is 9.59 Å². The molecule has 2 aliphatic rings. The minimum absolute atomic E-state index is 0.0356. The van der Waals surface area contributed by atoms with Gasteiger partial charge in [-0.1, -0.05) is 30.3 Å². The van der Waals surface area contributed by atoms with Crippen LogP contribution in [0.1, 0.15) is 43.2 Å². The van der Waals surface area contributed by atoms with Gasteiger partial charge in [0.05, 0.1) is 5.69 Å². The number of benzene rings is 2. The molecule has 2 aromatic rings. The van der Waals surface area contributed by atoms with Gasteiger partial charge in [0.2, 0.25) is 5.91 Å². The number of rotatable bonds is 4. The van der Waals surface area contributed by atoms with Crippen molar-refractivity contribution in [2.75, 3.05) is 5.32 Å². The zero-order valence-corrected chi connectivity index (χ0v) is 17.5. The van der Waals surface area contributed by atoms with Crippen LogP contribution < -0.4 is 10.6 Å². The summed E-state index contributed by atoms with van der Waals surface area (Å²) in [6, 6.07) is 11.0. The first kappa shape index (κ1) is 21.8. The fourth-order valence-electron chi connectivity index (χ4n) is 3.95. The highest BCUT2D eigenvalue weighted by Crippen LogP contribution is 2.26.